The van der Waals surface area contributed by atoms with Crippen LogP contribution in [0.3, 0.4) is 0 Å². The molecule has 31 heteroatoms. The lowest BCUT2D eigenvalue weighted by atomic mass is 9.12. The number of nitrogens with zero attached hydrogens (tertiary/aromatic N) is 1. The van der Waals surface area contributed by atoms with Gasteiger partial charge in [-0.15, -0.1) is 0 Å². The number of carbonyl (C=O) groups excluding carboxylic acids is 1. The van der Waals surface area contributed by atoms with Gasteiger partial charge in [0.05, 0.1) is 50.1 Å². The van der Waals surface area contributed by atoms with E-state index < -0.39 is 205 Å². The van der Waals surface area contributed by atoms with Crippen molar-refractivity contribution in [2.75, 3.05) is 0 Å². The van der Waals surface area contributed by atoms with E-state index in [2.05, 4.69) is 4.74 Å². The van der Waals surface area contributed by atoms with Gasteiger partial charge < -0.3 is 4.74 Å². The molecular formula is C46H23BCl3F24NO2. The average Bonchev–Trinajstić information content (AvgIpc) is 3.27. The van der Waals surface area contributed by atoms with Crippen LogP contribution in [0.25, 0.3) is 0 Å². The molecule has 77 heavy (non-hydrogen) atoms. The van der Waals surface area contributed by atoms with Crippen LogP contribution in [0.4, 0.5) is 105 Å². The molecule has 0 unspecified atom stereocenters. The van der Waals surface area contributed by atoms with E-state index in [1.807, 2.05) is 34.9 Å². The van der Waals surface area contributed by atoms with Crippen molar-refractivity contribution < 1.29 is 119 Å². The Morgan fingerprint density at radius 2 is 0.610 bits per heavy atom. The Bertz CT molecular complexity index is 2640. The third kappa shape index (κ3) is 15.4. The zero-order valence-electron chi connectivity index (χ0n) is 36.9. The molecule has 6 aromatic rings. The lowest BCUT2D eigenvalue weighted by Gasteiger charge is -2.46. The van der Waals surface area contributed by atoms with Gasteiger partial charge in [-0.2, -0.15) is 127 Å². The monoisotopic (exact) mass is 1190 g/mol. The summed E-state index contributed by atoms with van der Waals surface area (Å²) in [5.74, 6) is -0.683. The highest BCUT2D eigenvalue weighted by atomic mass is 35.6. The van der Waals surface area contributed by atoms with E-state index in [-0.39, 0.29) is 0 Å². The molecule has 5 aromatic carbocycles. The second-order valence-corrected chi connectivity index (χ2v) is 18.5. The van der Waals surface area contributed by atoms with Gasteiger partial charge in [0.1, 0.15) is 6.15 Å². The van der Waals surface area contributed by atoms with Crippen LogP contribution >= 0.6 is 34.8 Å². The van der Waals surface area contributed by atoms with Crippen LogP contribution in [0.15, 0.2) is 128 Å². The summed E-state index contributed by atoms with van der Waals surface area (Å²) >= 11 is 16.2. The average molecular weight is 1190 g/mol. The molecule has 1 heterocycles. The molecule has 416 valence electrons. The SMILES string of the molecule is FC(F)(F)c1cc([B-](c2cc(C(F)(F)F)cc(C(F)(F)F)c2)(c2cc(C(F)(F)F)cc(C(F)(F)F)c2)c2cc(C(F)(F)F)cc(C(F)(F)F)c2)cc(C(F)(F)F)c1.O=C(OC(Cl)(Cl)Cl)c1cc[n+](Cc2ccccc2)cc1. The van der Waals surface area contributed by atoms with Crippen LogP contribution in [-0.4, -0.2) is 16.1 Å². The smallest absolute Gasteiger partial charge is 0.411 e. The number of hydrogen-bond donors (Lipinski definition) is 0. The minimum Gasteiger partial charge on any atom is -0.411 e. The van der Waals surface area contributed by atoms with Crippen molar-refractivity contribution in [3.8, 4) is 0 Å². The summed E-state index contributed by atoms with van der Waals surface area (Å²) in [7, 11) is 0. The molecule has 0 saturated carbocycles. The zero-order chi connectivity index (χ0) is 58.5. The molecule has 0 atom stereocenters. The largest absolute Gasteiger partial charge is 0.416 e. The maximum Gasteiger partial charge on any atom is 0.416 e. The first-order valence-corrected chi connectivity index (χ1v) is 21.5. The fourth-order valence-corrected chi connectivity index (χ4v) is 7.94. The molecule has 0 spiro atoms. The van der Waals surface area contributed by atoms with E-state index in [0.29, 0.717) is 12.1 Å². The summed E-state index contributed by atoms with van der Waals surface area (Å²) in [6.45, 7) is 0.709. The predicted octanol–water partition coefficient (Wildman–Crippen LogP) is 14.7. The number of alkyl halides is 27. The Labute approximate surface area is 430 Å². The zero-order valence-corrected chi connectivity index (χ0v) is 39.1. The van der Waals surface area contributed by atoms with Crippen LogP contribution in [0, 0.1) is 0 Å². The van der Waals surface area contributed by atoms with Gasteiger partial charge in [-0.1, -0.05) is 78.9 Å². The van der Waals surface area contributed by atoms with Crippen molar-refractivity contribution in [3.05, 3.63) is 183 Å². The summed E-state index contributed by atoms with van der Waals surface area (Å²) < 4.78 is 345. The minimum absolute atomic E-state index is 0.320. The Morgan fingerprint density at radius 3 is 0.818 bits per heavy atom. The highest BCUT2D eigenvalue weighted by Crippen LogP contribution is 2.41. The molecule has 0 saturated heterocycles. The minimum atomic E-state index is -6.13. The first-order valence-electron chi connectivity index (χ1n) is 20.4. The number of carbonyl (C=O) groups is 1. The van der Waals surface area contributed by atoms with E-state index in [1.54, 1.807) is 24.5 Å². The summed E-state index contributed by atoms with van der Waals surface area (Å²) in [4.78, 5) is 11.6. The number of hydrogen-bond acceptors (Lipinski definition) is 2. The Balaban J connectivity index is 0.000000455. The van der Waals surface area contributed by atoms with Gasteiger partial charge in [0.15, 0.2) is 18.9 Å². The number of halogens is 27. The maximum absolute atomic E-state index is 14.2. The fourth-order valence-electron chi connectivity index (χ4n) is 7.73. The molecule has 6 rings (SSSR count). The number of rotatable bonds is 7. The van der Waals surface area contributed by atoms with Crippen LogP contribution in [-0.2, 0) is 60.7 Å². The normalized spacial score (nSPS) is 13.5. The number of benzene rings is 5. The van der Waals surface area contributed by atoms with Crippen molar-refractivity contribution in [1.29, 1.82) is 0 Å². The molecule has 0 fully saturated rings. The van der Waals surface area contributed by atoms with Gasteiger partial charge in [-0.25, -0.2) is 9.36 Å². The van der Waals surface area contributed by atoms with Crippen molar-refractivity contribution in [2.45, 2.75) is 59.9 Å². The Hall–Kier alpha value is -6.03. The van der Waals surface area contributed by atoms with E-state index in [4.69, 9.17) is 34.8 Å². The van der Waals surface area contributed by atoms with E-state index in [1.165, 1.54) is 0 Å². The Morgan fingerprint density at radius 1 is 0.377 bits per heavy atom. The summed E-state index contributed by atoms with van der Waals surface area (Å²) in [6, 6.07) is 4.38. The first-order chi connectivity index (χ1) is 34.7. The molecule has 3 nitrogen and oxygen atoms in total. The second-order valence-electron chi connectivity index (χ2n) is 16.3. The molecule has 0 aliphatic rings. The summed E-state index contributed by atoms with van der Waals surface area (Å²) in [6.07, 6.45) is -51.3. The van der Waals surface area contributed by atoms with Crippen molar-refractivity contribution in [2.24, 2.45) is 0 Å². The molecule has 0 radical (unpaired) electrons. The molecular weight excluding hydrogens is 1170 g/mol. The van der Waals surface area contributed by atoms with Crippen LogP contribution in [0.2, 0.25) is 0 Å². The van der Waals surface area contributed by atoms with E-state index in [9.17, 15) is 110 Å². The third-order valence-electron chi connectivity index (χ3n) is 11.0. The highest BCUT2D eigenvalue weighted by molar-refractivity contribution is 7.20. The lowest BCUT2D eigenvalue weighted by Crippen LogP contribution is -2.75. The molecule has 0 bridgehead atoms. The Kier molecular flexibility index (Phi) is 17.1. The van der Waals surface area contributed by atoms with E-state index >= 15 is 0 Å². The van der Waals surface area contributed by atoms with Gasteiger partial charge in [0, 0.05) is 17.7 Å². The predicted molar refractivity (Wildman–Crippen MR) is 228 cm³/mol. The first kappa shape index (κ1) is 61.8. The molecule has 0 aliphatic carbocycles. The standard InChI is InChI=1S/C32H12BF24.C14H11Cl3NO2/c34-25(35,36)13-1-14(26(37,38)39)6-21(5-13)33(22-7-15(27(40,41)42)2-16(8-22)28(43,44)45,23-9-17(29(46,47)48)3-18(10-23)30(49,50)51)24-11-19(31(52,53)54)4-20(12-24)32(55,56)57;15-14(16,17)20-13(19)12-6-8-18(9-7-12)10-11-4-2-1-3-5-11/h1-12H;1-9H,10H2/q-1;+1. The third-order valence-corrected chi connectivity index (χ3v) is 11.2. The van der Waals surface area contributed by atoms with Crippen molar-refractivity contribution in [3.63, 3.8) is 0 Å². The summed E-state index contributed by atoms with van der Waals surface area (Å²) in [5, 5.41) is 0. The van der Waals surface area contributed by atoms with Crippen LogP contribution in [0.1, 0.15) is 60.4 Å². The second kappa shape index (κ2) is 21.3. The van der Waals surface area contributed by atoms with E-state index in [0.717, 1.165) is 5.56 Å². The lowest BCUT2D eigenvalue weighted by molar-refractivity contribution is -0.688. The number of aromatic nitrogens is 1. The van der Waals surface area contributed by atoms with Gasteiger partial charge in [0.2, 0.25) is 0 Å². The van der Waals surface area contributed by atoms with Crippen LogP contribution in [0.5, 0.6) is 0 Å². The van der Waals surface area contributed by atoms with Gasteiger partial charge in [0.25, 0.3) is 0 Å². The number of pyridine rings is 1. The maximum atomic E-state index is 14.2. The molecule has 1 aromatic heterocycles. The van der Waals surface area contributed by atoms with Gasteiger partial charge >= 0.3 is 59.4 Å². The van der Waals surface area contributed by atoms with Crippen molar-refractivity contribution in [1.82, 2.24) is 0 Å². The highest BCUT2D eigenvalue weighted by Gasteiger charge is 2.47. The number of ether oxygens (including phenoxy) is 1. The fraction of sp³-hybridized carbons (Fsp3) is 0.217. The molecule has 0 amide bonds. The van der Waals surface area contributed by atoms with Gasteiger partial charge in [-0.3, -0.25) is 0 Å². The summed E-state index contributed by atoms with van der Waals surface area (Å²) in [5.41, 5.74) is -28.7. The van der Waals surface area contributed by atoms with Crippen molar-refractivity contribution >= 4 is 68.8 Å². The van der Waals surface area contributed by atoms with Crippen LogP contribution < -0.4 is 26.4 Å². The number of esters is 1. The molecule has 0 N–H and O–H groups in total. The topological polar surface area (TPSA) is 30.2 Å². The molecule has 0 aliphatic heterocycles. The quantitative estimate of drug-likeness (QED) is 0.0524. The van der Waals surface area contributed by atoms with Gasteiger partial charge in [-0.05, 0) is 59.1 Å².